The van der Waals surface area contributed by atoms with Gasteiger partial charge in [-0.3, -0.25) is 4.68 Å². The van der Waals surface area contributed by atoms with Crippen LogP contribution in [0.15, 0.2) is 54.9 Å². The highest BCUT2D eigenvalue weighted by molar-refractivity contribution is 6.30. The zero-order chi connectivity index (χ0) is 14.8. The van der Waals surface area contributed by atoms with Gasteiger partial charge in [-0.1, -0.05) is 35.9 Å². The molecule has 3 rings (SSSR count). The summed E-state index contributed by atoms with van der Waals surface area (Å²) in [6.07, 6.45) is 3.61. The van der Waals surface area contributed by atoms with Crippen molar-refractivity contribution < 1.29 is 4.39 Å². The van der Waals surface area contributed by atoms with Crippen LogP contribution in [0.5, 0.6) is 0 Å². The minimum atomic E-state index is -0.399. The molecule has 5 heteroatoms. The highest BCUT2D eigenvalue weighted by Gasteiger charge is 2.08. The number of nitrogen functional groups attached to an aromatic ring is 1. The van der Waals surface area contributed by atoms with Crippen LogP contribution in [0.2, 0.25) is 5.02 Å². The van der Waals surface area contributed by atoms with E-state index in [2.05, 4.69) is 5.10 Å². The molecule has 2 N–H and O–H groups in total. The Bertz CT molecular complexity index is 765. The summed E-state index contributed by atoms with van der Waals surface area (Å²) in [6.45, 7) is 0.335. The van der Waals surface area contributed by atoms with E-state index in [4.69, 9.17) is 17.3 Å². The summed E-state index contributed by atoms with van der Waals surface area (Å²) in [6, 6.07) is 12.5. The van der Waals surface area contributed by atoms with Crippen molar-refractivity contribution in [2.45, 2.75) is 6.54 Å². The fourth-order valence-corrected chi connectivity index (χ4v) is 2.31. The summed E-state index contributed by atoms with van der Waals surface area (Å²) >= 11 is 5.78. The monoisotopic (exact) mass is 301 g/mol. The highest BCUT2D eigenvalue weighted by Crippen LogP contribution is 2.22. The predicted octanol–water partition coefficient (Wildman–Crippen LogP) is 3.97. The van der Waals surface area contributed by atoms with Gasteiger partial charge in [-0.2, -0.15) is 5.10 Å². The molecule has 0 atom stereocenters. The first-order valence-electron chi connectivity index (χ1n) is 6.45. The van der Waals surface area contributed by atoms with E-state index in [1.54, 1.807) is 23.0 Å². The zero-order valence-electron chi connectivity index (χ0n) is 11.1. The number of aromatic nitrogens is 2. The van der Waals surface area contributed by atoms with Crippen LogP contribution in [0.1, 0.15) is 5.56 Å². The fraction of sp³-hybridized carbons (Fsp3) is 0.0625. The van der Waals surface area contributed by atoms with Gasteiger partial charge in [0.2, 0.25) is 0 Å². The minimum Gasteiger partial charge on any atom is -0.399 e. The van der Waals surface area contributed by atoms with Crippen LogP contribution in [-0.4, -0.2) is 9.78 Å². The van der Waals surface area contributed by atoms with Gasteiger partial charge in [0.15, 0.2) is 0 Å². The van der Waals surface area contributed by atoms with Crippen molar-refractivity contribution in [2.75, 3.05) is 5.73 Å². The van der Waals surface area contributed by atoms with E-state index >= 15 is 0 Å². The zero-order valence-corrected chi connectivity index (χ0v) is 11.9. The third-order valence-corrected chi connectivity index (χ3v) is 3.53. The van der Waals surface area contributed by atoms with Crippen molar-refractivity contribution in [3.63, 3.8) is 0 Å². The molecule has 1 heterocycles. The molecule has 106 valence electrons. The molecule has 0 unspecified atom stereocenters. The lowest BCUT2D eigenvalue weighted by Crippen LogP contribution is -2.02. The molecule has 0 amide bonds. The maximum atomic E-state index is 13.9. The maximum absolute atomic E-state index is 13.9. The number of anilines is 1. The quantitative estimate of drug-likeness (QED) is 0.744. The Hall–Kier alpha value is -2.33. The lowest BCUT2D eigenvalue weighted by Gasteiger charge is -2.04. The van der Waals surface area contributed by atoms with Crippen LogP contribution >= 0.6 is 11.6 Å². The first-order chi connectivity index (χ1) is 10.1. The minimum absolute atomic E-state index is 0.124. The number of hydrogen-bond acceptors (Lipinski definition) is 2. The van der Waals surface area contributed by atoms with E-state index in [9.17, 15) is 4.39 Å². The molecule has 0 saturated carbocycles. The Morgan fingerprint density at radius 2 is 1.86 bits per heavy atom. The maximum Gasteiger partial charge on any atom is 0.146 e. The number of rotatable bonds is 3. The largest absolute Gasteiger partial charge is 0.399 e. The van der Waals surface area contributed by atoms with E-state index in [0.717, 1.165) is 11.1 Å². The Morgan fingerprint density at radius 1 is 1.10 bits per heavy atom. The Balaban J connectivity index is 1.85. The van der Waals surface area contributed by atoms with Gasteiger partial charge in [-0.05, 0) is 23.8 Å². The van der Waals surface area contributed by atoms with E-state index in [0.29, 0.717) is 17.8 Å². The average molecular weight is 302 g/mol. The molecule has 0 spiro atoms. The second-order valence-corrected chi connectivity index (χ2v) is 5.17. The van der Waals surface area contributed by atoms with Crippen LogP contribution in [0.3, 0.4) is 0 Å². The molecule has 0 saturated heterocycles. The van der Waals surface area contributed by atoms with Crippen LogP contribution < -0.4 is 5.73 Å². The van der Waals surface area contributed by atoms with Gasteiger partial charge >= 0.3 is 0 Å². The summed E-state index contributed by atoms with van der Waals surface area (Å²) in [5.74, 6) is -0.399. The summed E-state index contributed by atoms with van der Waals surface area (Å²) < 4.78 is 15.6. The molecule has 0 fully saturated rings. The van der Waals surface area contributed by atoms with Crippen molar-refractivity contribution in [3.05, 3.63) is 71.3 Å². The van der Waals surface area contributed by atoms with Crippen LogP contribution in [0.4, 0.5) is 10.1 Å². The average Bonchev–Trinajstić information content (AvgIpc) is 2.93. The molecule has 2 aromatic carbocycles. The third-order valence-electron chi connectivity index (χ3n) is 3.24. The summed E-state index contributed by atoms with van der Waals surface area (Å²) in [5.41, 5.74) is 8.86. The smallest absolute Gasteiger partial charge is 0.146 e. The molecule has 3 aromatic rings. The first-order valence-corrected chi connectivity index (χ1v) is 6.82. The molecule has 1 aromatic heterocycles. The second-order valence-electron chi connectivity index (χ2n) is 4.76. The SMILES string of the molecule is Nc1ccc(-c2cnn(Cc3cccc(Cl)c3F)c2)cc1. The van der Waals surface area contributed by atoms with Crippen molar-refractivity contribution in [1.82, 2.24) is 9.78 Å². The number of hydrogen-bond donors (Lipinski definition) is 1. The Kier molecular flexibility index (Phi) is 3.62. The van der Waals surface area contributed by atoms with E-state index < -0.39 is 5.82 Å². The molecule has 21 heavy (non-hydrogen) atoms. The number of nitrogens with zero attached hydrogens (tertiary/aromatic N) is 2. The van der Waals surface area contributed by atoms with Gasteiger partial charge in [0.1, 0.15) is 5.82 Å². The molecule has 0 aliphatic rings. The number of halogens is 2. The number of benzene rings is 2. The standard InChI is InChI=1S/C16H13ClFN3/c17-15-3-1-2-12(16(15)18)9-21-10-13(8-20-21)11-4-6-14(19)7-5-11/h1-8,10H,9,19H2. The normalized spacial score (nSPS) is 10.8. The summed E-state index contributed by atoms with van der Waals surface area (Å²) in [4.78, 5) is 0. The van der Waals surface area contributed by atoms with Gasteiger partial charge < -0.3 is 5.73 Å². The van der Waals surface area contributed by atoms with Crippen molar-refractivity contribution in [1.29, 1.82) is 0 Å². The topological polar surface area (TPSA) is 43.8 Å². The lowest BCUT2D eigenvalue weighted by atomic mass is 10.1. The van der Waals surface area contributed by atoms with Crippen molar-refractivity contribution in [2.24, 2.45) is 0 Å². The van der Waals surface area contributed by atoms with E-state index in [1.165, 1.54) is 6.07 Å². The number of nitrogens with two attached hydrogens (primary N) is 1. The fourth-order valence-electron chi connectivity index (χ4n) is 2.12. The molecule has 0 aliphatic carbocycles. The third kappa shape index (κ3) is 2.90. The van der Waals surface area contributed by atoms with E-state index in [-0.39, 0.29) is 5.02 Å². The van der Waals surface area contributed by atoms with Crippen molar-refractivity contribution in [3.8, 4) is 11.1 Å². The van der Waals surface area contributed by atoms with Gasteiger partial charge in [0, 0.05) is 23.0 Å². The van der Waals surface area contributed by atoms with E-state index in [1.807, 2.05) is 30.5 Å². The molecule has 3 nitrogen and oxygen atoms in total. The molecule has 0 bridgehead atoms. The molecule has 0 aliphatic heterocycles. The Labute approximate surface area is 126 Å². The molecule has 0 radical (unpaired) electrons. The van der Waals surface area contributed by atoms with Crippen molar-refractivity contribution >= 4 is 17.3 Å². The van der Waals surface area contributed by atoms with Crippen LogP contribution in [0.25, 0.3) is 11.1 Å². The summed E-state index contributed by atoms with van der Waals surface area (Å²) in [7, 11) is 0. The Morgan fingerprint density at radius 3 is 2.62 bits per heavy atom. The van der Waals surface area contributed by atoms with Crippen LogP contribution in [-0.2, 0) is 6.54 Å². The first kappa shape index (κ1) is 13.6. The van der Waals surface area contributed by atoms with Gasteiger partial charge in [-0.25, -0.2) is 4.39 Å². The molecular weight excluding hydrogens is 289 g/mol. The lowest BCUT2D eigenvalue weighted by molar-refractivity contribution is 0.585. The van der Waals surface area contributed by atoms with Gasteiger partial charge in [-0.15, -0.1) is 0 Å². The molecular formula is C16H13ClFN3. The van der Waals surface area contributed by atoms with Gasteiger partial charge in [0.05, 0.1) is 17.8 Å². The van der Waals surface area contributed by atoms with Gasteiger partial charge in [0.25, 0.3) is 0 Å². The van der Waals surface area contributed by atoms with Crippen LogP contribution in [0, 0.1) is 5.82 Å². The second kappa shape index (κ2) is 5.58. The summed E-state index contributed by atoms with van der Waals surface area (Å²) in [5, 5.41) is 4.38. The predicted molar refractivity (Wildman–Crippen MR) is 82.6 cm³/mol. The highest BCUT2D eigenvalue weighted by atomic mass is 35.5.